The molecule has 0 aromatic carbocycles. The van der Waals surface area contributed by atoms with Crippen LogP contribution in [-0.4, -0.2) is 77.1 Å². The van der Waals surface area contributed by atoms with Crippen molar-refractivity contribution < 1.29 is 9.47 Å². The highest BCUT2D eigenvalue weighted by atomic mass is 127. The number of rotatable bonds is 6. The highest BCUT2D eigenvalue weighted by Crippen LogP contribution is 2.25. The molecule has 1 fully saturated rings. The van der Waals surface area contributed by atoms with Crippen molar-refractivity contribution in [3.8, 4) is 0 Å². The van der Waals surface area contributed by atoms with Crippen molar-refractivity contribution in [2.75, 3.05) is 54.6 Å². The lowest BCUT2D eigenvalue weighted by Gasteiger charge is -2.43. The maximum atomic E-state index is 5.59. The lowest BCUT2D eigenvalue weighted by Crippen LogP contribution is -2.57. The molecule has 0 bridgehead atoms. The number of hydrogen-bond donors (Lipinski definition) is 2. The monoisotopic (exact) mass is 456 g/mol. The Kier molecular flexibility index (Phi) is 10.7. The van der Waals surface area contributed by atoms with Gasteiger partial charge in [-0.3, -0.25) is 4.99 Å². The van der Waals surface area contributed by atoms with Crippen molar-refractivity contribution in [1.29, 1.82) is 0 Å². The summed E-state index contributed by atoms with van der Waals surface area (Å²) in [5, 5.41) is 6.87. The third-order valence-electron chi connectivity index (χ3n) is 4.89. The molecule has 0 radical (unpaired) electrons. The van der Waals surface area contributed by atoms with Gasteiger partial charge < -0.3 is 25.0 Å². The van der Waals surface area contributed by atoms with Gasteiger partial charge in [0.25, 0.3) is 0 Å². The number of guanidine groups is 1. The Hall–Kier alpha value is -0.120. The summed E-state index contributed by atoms with van der Waals surface area (Å²) >= 11 is 0. The molecule has 0 aromatic heterocycles. The molecule has 1 rings (SSSR count). The fourth-order valence-electron chi connectivity index (χ4n) is 2.93. The molecule has 1 atom stereocenters. The van der Waals surface area contributed by atoms with Crippen LogP contribution in [0.1, 0.15) is 33.6 Å². The summed E-state index contributed by atoms with van der Waals surface area (Å²) < 4.78 is 11.1. The zero-order chi connectivity index (χ0) is 17.5. The Morgan fingerprint density at radius 3 is 2.25 bits per heavy atom. The van der Waals surface area contributed by atoms with Gasteiger partial charge in [-0.2, -0.15) is 0 Å². The molecule has 0 amide bonds. The van der Waals surface area contributed by atoms with E-state index >= 15 is 0 Å². The predicted octanol–water partition coefficient (Wildman–Crippen LogP) is 1.94. The molecule has 0 aromatic rings. The lowest BCUT2D eigenvalue weighted by molar-refractivity contribution is -0.00516. The molecule has 1 heterocycles. The highest BCUT2D eigenvalue weighted by molar-refractivity contribution is 14.0. The van der Waals surface area contributed by atoms with Crippen LogP contribution >= 0.6 is 24.0 Å². The summed E-state index contributed by atoms with van der Waals surface area (Å²) in [6, 6.07) is 0. The van der Waals surface area contributed by atoms with Crippen molar-refractivity contribution in [3.63, 3.8) is 0 Å². The maximum absolute atomic E-state index is 5.59. The first-order chi connectivity index (χ1) is 10.7. The van der Waals surface area contributed by atoms with E-state index in [1.165, 1.54) is 0 Å². The largest absolute Gasteiger partial charge is 0.381 e. The van der Waals surface area contributed by atoms with Gasteiger partial charge in [-0.25, -0.2) is 0 Å². The van der Waals surface area contributed by atoms with Gasteiger partial charge in [0, 0.05) is 46.0 Å². The number of nitrogens with zero attached hydrogens (tertiary/aromatic N) is 2. The van der Waals surface area contributed by atoms with Gasteiger partial charge in [-0.1, -0.05) is 20.8 Å². The summed E-state index contributed by atoms with van der Waals surface area (Å²) in [4.78, 5) is 6.65. The van der Waals surface area contributed by atoms with Crippen LogP contribution in [0.5, 0.6) is 0 Å². The Morgan fingerprint density at radius 1 is 1.25 bits per heavy atom. The second kappa shape index (κ2) is 10.8. The Bertz CT molecular complexity index is 377. The standard InChI is InChI=1S/C17H36N4O2.HI/c1-16(2,3)14(22-7)12-19-15(18-4)20-13-17(21(5)6)8-10-23-11-9-17;/h14H,8-13H2,1-7H3,(H2,18,19,20);1H. The first-order valence-electron chi connectivity index (χ1n) is 8.47. The number of hydrogen-bond acceptors (Lipinski definition) is 4. The highest BCUT2D eigenvalue weighted by Gasteiger charge is 2.35. The quantitative estimate of drug-likeness (QED) is 0.364. The first kappa shape index (κ1) is 23.9. The van der Waals surface area contributed by atoms with E-state index in [0.717, 1.165) is 45.1 Å². The normalized spacial score (nSPS) is 19.6. The second-order valence-electron chi connectivity index (χ2n) is 7.63. The van der Waals surface area contributed by atoms with Gasteiger partial charge in [0.1, 0.15) is 0 Å². The predicted molar refractivity (Wildman–Crippen MR) is 112 cm³/mol. The number of nitrogens with one attached hydrogen (secondary N) is 2. The van der Waals surface area contributed by atoms with Crippen molar-refractivity contribution in [3.05, 3.63) is 0 Å². The Morgan fingerprint density at radius 2 is 1.83 bits per heavy atom. The smallest absolute Gasteiger partial charge is 0.191 e. The summed E-state index contributed by atoms with van der Waals surface area (Å²) in [5.74, 6) is 0.823. The zero-order valence-electron chi connectivity index (χ0n) is 16.4. The first-order valence-corrected chi connectivity index (χ1v) is 8.47. The molecule has 0 saturated carbocycles. The molecule has 1 aliphatic rings. The average molecular weight is 456 g/mol. The number of halogens is 1. The number of likely N-dealkylation sites (N-methyl/N-ethyl adjacent to an activating group) is 1. The molecule has 6 nitrogen and oxygen atoms in total. The molecule has 7 heteroatoms. The van der Waals surface area contributed by atoms with Crippen molar-refractivity contribution >= 4 is 29.9 Å². The third-order valence-corrected chi connectivity index (χ3v) is 4.89. The molecule has 1 saturated heterocycles. The van der Waals surface area contributed by atoms with Gasteiger partial charge in [0.2, 0.25) is 0 Å². The van der Waals surface area contributed by atoms with Gasteiger partial charge in [0.15, 0.2) is 5.96 Å². The zero-order valence-corrected chi connectivity index (χ0v) is 18.8. The molecule has 24 heavy (non-hydrogen) atoms. The second-order valence-corrected chi connectivity index (χ2v) is 7.63. The molecular weight excluding hydrogens is 419 g/mol. The van der Waals surface area contributed by atoms with Crippen molar-refractivity contribution in [2.45, 2.75) is 45.3 Å². The minimum atomic E-state index is 0. The fourth-order valence-corrected chi connectivity index (χ4v) is 2.93. The van der Waals surface area contributed by atoms with Crippen LogP contribution in [-0.2, 0) is 9.47 Å². The van der Waals surface area contributed by atoms with Crippen LogP contribution in [0.15, 0.2) is 4.99 Å². The van der Waals surface area contributed by atoms with E-state index < -0.39 is 0 Å². The van der Waals surface area contributed by atoms with E-state index in [1.54, 1.807) is 14.2 Å². The van der Waals surface area contributed by atoms with Crippen LogP contribution in [0, 0.1) is 5.41 Å². The molecule has 2 N–H and O–H groups in total. The summed E-state index contributed by atoms with van der Waals surface area (Å²) in [5.41, 5.74) is 0.215. The van der Waals surface area contributed by atoms with Crippen molar-refractivity contribution in [1.82, 2.24) is 15.5 Å². The Labute approximate surface area is 165 Å². The van der Waals surface area contributed by atoms with E-state index in [-0.39, 0.29) is 41.0 Å². The van der Waals surface area contributed by atoms with E-state index in [9.17, 15) is 0 Å². The molecule has 144 valence electrons. The average Bonchev–Trinajstić information content (AvgIpc) is 2.50. The molecular formula is C17H37IN4O2. The van der Waals surface area contributed by atoms with Gasteiger partial charge in [-0.15, -0.1) is 24.0 Å². The van der Waals surface area contributed by atoms with Crippen LogP contribution in [0.4, 0.5) is 0 Å². The van der Waals surface area contributed by atoms with E-state index in [0.29, 0.717) is 0 Å². The topological polar surface area (TPSA) is 58.1 Å². The van der Waals surface area contributed by atoms with Crippen molar-refractivity contribution in [2.24, 2.45) is 10.4 Å². The van der Waals surface area contributed by atoms with Gasteiger partial charge >= 0.3 is 0 Å². The van der Waals surface area contributed by atoms with E-state index in [2.05, 4.69) is 55.4 Å². The SMILES string of the molecule is CN=C(NCC(OC)C(C)(C)C)NCC1(N(C)C)CCOCC1.I. The van der Waals surface area contributed by atoms with Crippen LogP contribution in [0.3, 0.4) is 0 Å². The Balaban J connectivity index is 0.00000529. The van der Waals surface area contributed by atoms with Crippen LogP contribution in [0.2, 0.25) is 0 Å². The number of ether oxygens (including phenoxy) is 2. The van der Waals surface area contributed by atoms with E-state index in [4.69, 9.17) is 9.47 Å². The summed E-state index contributed by atoms with van der Waals surface area (Å²) in [6.07, 6.45) is 2.20. The van der Waals surface area contributed by atoms with Crippen LogP contribution in [0.25, 0.3) is 0 Å². The molecule has 1 aliphatic heterocycles. The molecule has 1 unspecified atom stereocenters. The maximum Gasteiger partial charge on any atom is 0.191 e. The summed E-state index contributed by atoms with van der Waals surface area (Å²) in [7, 11) is 7.85. The minimum absolute atomic E-state index is 0. The molecule has 0 spiro atoms. The fraction of sp³-hybridized carbons (Fsp3) is 0.941. The van der Waals surface area contributed by atoms with E-state index in [1.807, 2.05) is 0 Å². The number of aliphatic imine (C=N–C) groups is 1. The van der Waals surface area contributed by atoms with Gasteiger partial charge in [0.05, 0.1) is 6.10 Å². The minimum Gasteiger partial charge on any atom is -0.381 e. The lowest BCUT2D eigenvalue weighted by atomic mass is 9.88. The number of methoxy groups -OCH3 is 1. The van der Waals surface area contributed by atoms with Gasteiger partial charge in [-0.05, 0) is 32.4 Å². The van der Waals surface area contributed by atoms with Crippen LogP contribution < -0.4 is 10.6 Å². The third kappa shape index (κ3) is 7.01. The summed E-state index contributed by atoms with van der Waals surface area (Å²) in [6.45, 7) is 9.78. The molecule has 0 aliphatic carbocycles.